The van der Waals surface area contributed by atoms with Gasteiger partial charge in [-0.3, -0.25) is 9.59 Å². The summed E-state index contributed by atoms with van der Waals surface area (Å²) in [5, 5.41) is 9.22. The summed E-state index contributed by atoms with van der Waals surface area (Å²) in [6.07, 6.45) is 3.80. The van der Waals surface area contributed by atoms with E-state index in [-0.39, 0.29) is 11.5 Å². The zero-order valence-electron chi connectivity index (χ0n) is 18.1. The van der Waals surface area contributed by atoms with Crippen LogP contribution >= 0.6 is 15.9 Å². The first-order valence-corrected chi connectivity index (χ1v) is 11.5. The molecule has 0 saturated carbocycles. The largest absolute Gasteiger partial charge is 0.365 e. The number of amides is 1. The van der Waals surface area contributed by atoms with Gasteiger partial charge in [-0.1, -0.05) is 36.4 Å². The van der Waals surface area contributed by atoms with Crippen molar-refractivity contribution in [2.45, 2.75) is 19.5 Å². The average molecular weight is 517 g/mol. The zero-order valence-corrected chi connectivity index (χ0v) is 19.7. The number of anilines is 4. The summed E-state index contributed by atoms with van der Waals surface area (Å²) in [5.74, 6) is 0.952. The number of pyridine rings is 1. The van der Waals surface area contributed by atoms with Crippen molar-refractivity contribution >= 4 is 45.0 Å². The number of nitrogens with one attached hydrogen (secondary N) is 3. The minimum atomic E-state index is -0.0522. The van der Waals surface area contributed by atoms with Gasteiger partial charge in [0, 0.05) is 35.9 Å². The van der Waals surface area contributed by atoms with Crippen molar-refractivity contribution in [3.8, 4) is 0 Å². The van der Waals surface area contributed by atoms with Crippen molar-refractivity contribution in [3.63, 3.8) is 0 Å². The van der Waals surface area contributed by atoms with Gasteiger partial charge in [-0.2, -0.15) is 4.98 Å². The monoisotopic (exact) mass is 516 g/mol. The van der Waals surface area contributed by atoms with Crippen LogP contribution in [0.1, 0.15) is 16.7 Å². The number of carbonyl (C=O) groups is 1. The Hall–Kier alpha value is -3.98. The normalized spacial score (nSPS) is 12.2. The molecule has 5 rings (SSSR count). The number of hydrogen-bond acceptors (Lipinski definition) is 6. The molecular formula is C25H21BrN6O2. The van der Waals surface area contributed by atoms with Crippen molar-refractivity contribution in [3.05, 3.63) is 105 Å². The molecule has 3 heterocycles. The average Bonchev–Trinajstić information content (AvgIpc) is 3.21. The van der Waals surface area contributed by atoms with Gasteiger partial charge in [0.2, 0.25) is 11.9 Å². The SMILES string of the molecule is O=C1Cc2cc(Nc3ncc(Br)c(NCc4cccn(Cc5ccccc5)c4=O)n3)ccc2N1. The van der Waals surface area contributed by atoms with E-state index in [1.54, 1.807) is 17.0 Å². The van der Waals surface area contributed by atoms with Gasteiger partial charge in [0.25, 0.3) is 5.56 Å². The third-order valence-electron chi connectivity index (χ3n) is 5.47. The lowest BCUT2D eigenvalue weighted by molar-refractivity contribution is -0.115. The van der Waals surface area contributed by atoms with E-state index in [2.05, 4.69) is 41.8 Å². The van der Waals surface area contributed by atoms with Gasteiger partial charge in [-0.15, -0.1) is 0 Å². The second-order valence-corrected chi connectivity index (χ2v) is 8.77. The fraction of sp³-hybridized carbons (Fsp3) is 0.120. The second-order valence-electron chi connectivity index (χ2n) is 7.92. The molecule has 1 amide bonds. The number of halogens is 1. The van der Waals surface area contributed by atoms with E-state index in [9.17, 15) is 9.59 Å². The molecule has 3 N–H and O–H groups in total. The van der Waals surface area contributed by atoms with Crippen LogP contribution in [-0.4, -0.2) is 20.4 Å². The fourth-order valence-electron chi connectivity index (χ4n) is 3.79. The molecule has 0 atom stereocenters. The quantitative estimate of drug-likeness (QED) is 0.338. The number of benzene rings is 2. The zero-order chi connectivity index (χ0) is 23.5. The number of fused-ring (bicyclic) bond motifs is 1. The third kappa shape index (κ3) is 4.84. The van der Waals surface area contributed by atoms with Crippen LogP contribution in [0.15, 0.2) is 82.3 Å². The lowest BCUT2D eigenvalue weighted by Gasteiger charge is -2.12. The number of aromatic nitrogens is 3. The van der Waals surface area contributed by atoms with E-state index in [1.807, 2.05) is 60.7 Å². The molecule has 0 spiro atoms. The summed E-state index contributed by atoms with van der Waals surface area (Å²) in [5.41, 5.74) is 4.20. The molecular weight excluding hydrogens is 496 g/mol. The Morgan fingerprint density at radius 2 is 1.91 bits per heavy atom. The number of nitrogens with zero attached hydrogens (tertiary/aromatic N) is 3. The summed E-state index contributed by atoms with van der Waals surface area (Å²) < 4.78 is 2.38. The summed E-state index contributed by atoms with van der Waals surface area (Å²) >= 11 is 3.47. The number of rotatable bonds is 7. The maximum atomic E-state index is 12.9. The van der Waals surface area contributed by atoms with Gasteiger partial charge in [0.05, 0.1) is 17.4 Å². The smallest absolute Gasteiger partial charge is 0.255 e. The lowest BCUT2D eigenvalue weighted by Crippen LogP contribution is -2.25. The van der Waals surface area contributed by atoms with E-state index in [1.165, 1.54) is 0 Å². The van der Waals surface area contributed by atoms with Gasteiger partial charge in [-0.25, -0.2) is 4.98 Å². The van der Waals surface area contributed by atoms with Gasteiger partial charge < -0.3 is 20.5 Å². The number of carbonyl (C=O) groups excluding carboxylic acids is 1. The first-order valence-electron chi connectivity index (χ1n) is 10.7. The van der Waals surface area contributed by atoms with Crippen LogP contribution in [0, 0.1) is 0 Å². The van der Waals surface area contributed by atoms with Crippen molar-refractivity contribution in [1.29, 1.82) is 0 Å². The molecule has 8 nitrogen and oxygen atoms in total. The van der Waals surface area contributed by atoms with E-state index in [4.69, 9.17) is 0 Å². The van der Waals surface area contributed by atoms with Crippen LogP contribution in [0.3, 0.4) is 0 Å². The molecule has 0 fully saturated rings. The van der Waals surface area contributed by atoms with Gasteiger partial charge >= 0.3 is 0 Å². The molecule has 34 heavy (non-hydrogen) atoms. The first-order chi connectivity index (χ1) is 16.5. The third-order valence-corrected chi connectivity index (χ3v) is 6.05. The van der Waals surface area contributed by atoms with E-state index in [0.717, 1.165) is 22.5 Å². The minimum absolute atomic E-state index is 0.0118. The molecule has 1 aliphatic heterocycles. The summed E-state index contributed by atoms with van der Waals surface area (Å²) in [6.45, 7) is 0.830. The summed E-state index contributed by atoms with van der Waals surface area (Å²) in [7, 11) is 0. The Morgan fingerprint density at radius 3 is 2.76 bits per heavy atom. The topological polar surface area (TPSA) is 101 Å². The first kappa shape index (κ1) is 21.8. The molecule has 0 aliphatic carbocycles. The highest BCUT2D eigenvalue weighted by Gasteiger charge is 2.17. The Balaban J connectivity index is 1.30. The highest BCUT2D eigenvalue weighted by Crippen LogP contribution is 2.28. The summed E-state index contributed by atoms with van der Waals surface area (Å²) in [4.78, 5) is 33.4. The predicted molar refractivity (Wildman–Crippen MR) is 135 cm³/mol. The molecule has 0 saturated heterocycles. The van der Waals surface area contributed by atoms with Crippen molar-refractivity contribution in [1.82, 2.24) is 14.5 Å². The Morgan fingerprint density at radius 1 is 1.06 bits per heavy atom. The van der Waals surface area contributed by atoms with E-state index >= 15 is 0 Å². The standard InChI is InChI=1S/C25H21BrN6O2/c26-20-14-28-25(29-19-8-9-21-18(11-19)12-22(33)30-21)31-23(20)27-13-17-7-4-10-32(24(17)34)15-16-5-2-1-3-6-16/h1-11,14H,12-13,15H2,(H,30,33)(H2,27,28,29,31). The van der Waals surface area contributed by atoms with Crippen LogP contribution in [0.25, 0.3) is 0 Å². The van der Waals surface area contributed by atoms with Crippen LogP contribution < -0.4 is 21.5 Å². The maximum Gasteiger partial charge on any atom is 0.255 e. The molecule has 4 aromatic rings. The van der Waals surface area contributed by atoms with E-state index in [0.29, 0.717) is 41.3 Å². The Bertz CT molecular complexity index is 1420. The molecule has 1 aliphatic rings. The highest BCUT2D eigenvalue weighted by atomic mass is 79.9. The molecule has 0 bridgehead atoms. The lowest BCUT2D eigenvalue weighted by atomic mass is 10.1. The van der Waals surface area contributed by atoms with Crippen LogP contribution in [0.2, 0.25) is 0 Å². The van der Waals surface area contributed by atoms with Crippen LogP contribution in [0.5, 0.6) is 0 Å². The second kappa shape index (κ2) is 9.48. The predicted octanol–water partition coefficient (Wildman–Crippen LogP) is 4.30. The molecule has 2 aromatic heterocycles. The Kier molecular flexibility index (Phi) is 6.09. The molecule has 0 unspecified atom stereocenters. The molecule has 2 aromatic carbocycles. The van der Waals surface area contributed by atoms with Crippen molar-refractivity contribution < 1.29 is 4.79 Å². The minimum Gasteiger partial charge on any atom is -0.365 e. The number of hydrogen-bond donors (Lipinski definition) is 3. The van der Waals surface area contributed by atoms with Gasteiger partial charge in [-0.05, 0) is 51.3 Å². The van der Waals surface area contributed by atoms with Crippen molar-refractivity contribution in [2.24, 2.45) is 0 Å². The molecule has 170 valence electrons. The van der Waals surface area contributed by atoms with Crippen LogP contribution in [0.4, 0.5) is 23.1 Å². The molecule has 9 heteroatoms. The summed E-state index contributed by atoms with van der Waals surface area (Å²) in [6, 6.07) is 19.2. The van der Waals surface area contributed by atoms with E-state index < -0.39 is 0 Å². The maximum absolute atomic E-state index is 12.9. The Labute approximate surface area is 204 Å². The van der Waals surface area contributed by atoms with Gasteiger partial charge in [0.15, 0.2) is 0 Å². The van der Waals surface area contributed by atoms with Crippen LogP contribution in [-0.2, 0) is 24.3 Å². The van der Waals surface area contributed by atoms with Crippen molar-refractivity contribution in [2.75, 3.05) is 16.0 Å². The fourth-order valence-corrected chi connectivity index (χ4v) is 4.12. The van der Waals surface area contributed by atoms with Gasteiger partial charge in [0.1, 0.15) is 5.82 Å². The molecule has 0 radical (unpaired) electrons. The highest BCUT2D eigenvalue weighted by molar-refractivity contribution is 9.10.